The van der Waals surface area contributed by atoms with Crippen molar-refractivity contribution in [1.29, 1.82) is 0 Å². The predicted molar refractivity (Wildman–Crippen MR) is 87.2 cm³/mol. The fraction of sp³-hybridized carbons (Fsp3) is 0.412. The van der Waals surface area contributed by atoms with E-state index in [1.54, 1.807) is 30.3 Å². The Labute approximate surface area is 128 Å². The highest BCUT2D eigenvalue weighted by molar-refractivity contribution is 7.89. The Morgan fingerprint density at radius 1 is 1.24 bits per heavy atom. The van der Waals surface area contributed by atoms with Crippen molar-refractivity contribution in [2.75, 3.05) is 13.1 Å². The number of hydrogen-bond acceptors (Lipinski definition) is 2. The molecule has 1 aromatic rings. The molecule has 0 aliphatic carbocycles. The van der Waals surface area contributed by atoms with E-state index >= 15 is 0 Å². The molecule has 0 saturated carbocycles. The average molecular weight is 305 g/mol. The number of sulfonamides is 1. The minimum atomic E-state index is -3.53. The summed E-state index contributed by atoms with van der Waals surface area (Å²) in [5.74, 6) is 3.06. The van der Waals surface area contributed by atoms with E-state index in [9.17, 15) is 8.42 Å². The van der Waals surface area contributed by atoms with Crippen LogP contribution in [0.1, 0.15) is 26.7 Å². The van der Waals surface area contributed by atoms with Gasteiger partial charge < -0.3 is 0 Å². The second-order valence-corrected chi connectivity index (χ2v) is 7.20. The van der Waals surface area contributed by atoms with Crippen molar-refractivity contribution in [2.24, 2.45) is 5.92 Å². The third-order valence-electron chi connectivity index (χ3n) is 3.04. The lowest BCUT2D eigenvalue weighted by Gasteiger charge is -2.18. The fourth-order valence-corrected chi connectivity index (χ4v) is 3.16. The maximum absolute atomic E-state index is 12.5. The van der Waals surface area contributed by atoms with E-state index in [2.05, 4.69) is 19.8 Å². The molecule has 0 bridgehead atoms. The molecule has 3 nitrogen and oxygen atoms in total. The standard InChI is InChI=1S/C17H23NO2S/c1-4-14-18(15-10-6-7-11-16(2)3)21(19,20)17-12-8-5-9-13-17/h1,5-6,8-10,12-13,16H,7,11,14-15H2,2-3H3/b10-6+. The first kappa shape index (κ1) is 17.5. The molecule has 0 saturated heterocycles. The summed E-state index contributed by atoms with van der Waals surface area (Å²) in [6.07, 6.45) is 11.2. The zero-order chi connectivity index (χ0) is 15.7. The maximum Gasteiger partial charge on any atom is 0.244 e. The summed E-state index contributed by atoms with van der Waals surface area (Å²) < 4.78 is 26.3. The zero-order valence-electron chi connectivity index (χ0n) is 12.7. The van der Waals surface area contributed by atoms with Gasteiger partial charge in [0.2, 0.25) is 10.0 Å². The molecule has 0 unspecified atom stereocenters. The van der Waals surface area contributed by atoms with Gasteiger partial charge in [0.1, 0.15) is 0 Å². The molecule has 21 heavy (non-hydrogen) atoms. The van der Waals surface area contributed by atoms with Gasteiger partial charge in [-0.2, -0.15) is 4.31 Å². The van der Waals surface area contributed by atoms with Gasteiger partial charge in [-0.3, -0.25) is 0 Å². The lowest BCUT2D eigenvalue weighted by molar-refractivity contribution is 0.477. The summed E-state index contributed by atoms with van der Waals surface area (Å²) in [6.45, 7) is 4.71. The van der Waals surface area contributed by atoms with Crippen molar-refractivity contribution < 1.29 is 8.42 Å². The Hall–Kier alpha value is -1.57. The molecule has 0 N–H and O–H groups in total. The number of terminal acetylenes is 1. The second-order valence-electron chi connectivity index (χ2n) is 5.26. The molecule has 0 amide bonds. The lowest BCUT2D eigenvalue weighted by Crippen LogP contribution is -2.31. The van der Waals surface area contributed by atoms with Crippen LogP contribution in [0, 0.1) is 18.3 Å². The topological polar surface area (TPSA) is 37.4 Å². The van der Waals surface area contributed by atoms with Crippen LogP contribution in [0.4, 0.5) is 0 Å². The number of allylic oxidation sites excluding steroid dienone is 1. The highest BCUT2D eigenvalue weighted by atomic mass is 32.2. The van der Waals surface area contributed by atoms with Gasteiger partial charge >= 0.3 is 0 Å². The van der Waals surface area contributed by atoms with Crippen molar-refractivity contribution in [1.82, 2.24) is 4.31 Å². The van der Waals surface area contributed by atoms with Crippen molar-refractivity contribution in [3.05, 3.63) is 42.5 Å². The number of rotatable bonds is 8. The van der Waals surface area contributed by atoms with E-state index in [4.69, 9.17) is 6.42 Å². The van der Waals surface area contributed by atoms with E-state index in [-0.39, 0.29) is 11.4 Å². The van der Waals surface area contributed by atoms with Crippen LogP contribution in [0.5, 0.6) is 0 Å². The molecule has 0 radical (unpaired) electrons. The highest BCUT2D eigenvalue weighted by Gasteiger charge is 2.22. The summed E-state index contributed by atoms with van der Waals surface area (Å²) in [5, 5.41) is 0. The van der Waals surface area contributed by atoms with E-state index in [0.29, 0.717) is 12.5 Å². The number of nitrogens with zero attached hydrogens (tertiary/aromatic N) is 1. The SMILES string of the molecule is C#CCN(C/C=C/CCC(C)C)S(=O)(=O)c1ccccc1. The van der Waals surface area contributed by atoms with Crippen molar-refractivity contribution in [3.63, 3.8) is 0 Å². The highest BCUT2D eigenvalue weighted by Crippen LogP contribution is 2.14. The minimum Gasteiger partial charge on any atom is -0.207 e. The molecule has 0 aliphatic heterocycles. The first-order valence-electron chi connectivity index (χ1n) is 7.12. The third-order valence-corrected chi connectivity index (χ3v) is 4.86. The van der Waals surface area contributed by atoms with Gasteiger partial charge in [0, 0.05) is 6.54 Å². The minimum absolute atomic E-state index is 0.0751. The summed E-state index contributed by atoms with van der Waals surface area (Å²) in [6, 6.07) is 8.37. The lowest BCUT2D eigenvalue weighted by atomic mass is 10.1. The fourth-order valence-electron chi connectivity index (χ4n) is 1.83. The van der Waals surface area contributed by atoms with Crippen molar-refractivity contribution >= 4 is 10.0 Å². The smallest absolute Gasteiger partial charge is 0.207 e. The van der Waals surface area contributed by atoms with E-state index in [1.807, 2.05) is 12.2 Å². The zero-order valence-corrected chi connectivity index (χ0v) is 13.5. The van der Waals surface area contributed by atoms with Gasteiger partial charge in [0.15, 0.2) is 0 Å². The second kappa shape index (κ2) is 8.66. The third kappa shape index (κ3) is 5.74. The van der Waals surface area contributed by atoms with Crippen LogP contribution in [-0.2, 0) is 10.0 Å². The molecule has 0 aliphatic rings. The molecule has 0 heterocycles. The van der Waals surface area contributed by atoms with Crippen LogP contribution in [0.25, 0.3) is 0 Å². The molecule has 1 aromatic carbocycles. The Morgan fingerprint density at radius 3 is 2.48 bits per heavy atom. The van der Waals surface area contributed by atoms with Crippen LogP contribution < -0.4 is 0 Å². The first-order chi connectivity index (χ1) is 9.98. The van der Waals surface area contributed by atoms with E-state index in [0.717, 1.165) is 12.8 Å². The Bertz CT molecular complexity index is 583. The summed E-state index contributed by atoms with van der Waals surface area (Å²) in [7, 11) is -3.53. The largest absolute Gasteiger partial charge is 0.244 e. The molecule has 0 fully saturated rings. The maximum atomic E-state index is 12.5. The van der Waals surface area contributed by atoms with Crippen molar-refractivity contribution in [2.45, 2.75) is 31.6 Å². The van der Waals surface area contributed by atoms with E-state index in [1.165, 1.54) is 4.31 Å². The van der Waals surface area contributed by atoms with E-state index < -0.39 is 10.0 Å². The Morgan fingerprint density at radius 2 is 1.90 bits per heavy atom. The summed E-state index contributed by atoms with van der Waals surface area (Å²) >= 11 is 0. The van der Waals surface area contributed by atoms with Crippen molar-refractivity contribution in [3.8, 4) is 12.3 Å². The first-order valence-corrected chi connectivity index (χ1v) is 8.56. The monoisotopic (exact) mass is 305 g/mol. The number of hydrogen-bond donors (Lipinski definition) is 0. The Kier molecular flexibility index (Phi) is 7.21. The molecular weight excluding hydrogens is 282 g/mol. The normalized spacial score (nSPS) is 12.1. The van der Waals surface area contributed by atoms with Gasteiger partial charge in [0.05, 0.1) is 11.4 Å². The Balaban J connectivity index is 2.76. The van der Waals surface area contributed by atoms with Gasteiger partial charge in [-0.25, -0.2) is 8.42 Å². The molecule has 1 rings (SSSR count). The molecule has 4 heteroatoms. The van der Waals surface area contributed by atoms with Crippen LogP contribution in [0.15, 0.2) is 47.4 Å². The molecular formula is C17H23NO2S. The van der Waals surface area contributed by atoms with Gasteiger partial charge in [-0.15, -0.1) is 6.42 Å². The van der Waals surface area contributed by atoms with Crippen LogP contribution in [0.2, 0.25) is 0 Å². The van der Waals surface area contributed by atoms with Crippen LogP contribution in [0.3, 0.4) is 0 Å². The predicted octanol–water partition coefficient (Wildman–Crippen LogP) is 3.30. The molecule has 0 spiro atoms. The van der Waals surface area contributed by atoms with Crippen LogP contribution >= 0.6 is 0 Å². The van der Waals surface area contributed by atoms with Gasteiger partial charge in [-0.1, -0.05) is 50.1 Å². The van der Waals surface area contributed by atoms with Gasteiger partial charge in [-0.05, 0) is 30.9 Å². The van der Waals surface area contributed by atoms with Crippen LogP contribution in [-0.4, -0.2) is 25.8 Å². The summed E-state index contributed by atoms with van der Waals surface area (Å²) in [5.41, 5.74) is 0. The quantitative estimate of drug-likeness (QED) is 0.546. The molecule has 0 atom stereocenters. The van der Waals surface area contributed by atoms with Gasteiger partial charge in [0.25, 0.3) is 0 Å². The summed E-state index contributed by atoms with van der Waals surface area (Å²) in [4.78, 5) is 0.274. The average Bonchev–Trinajstić information content (AvgIpc) is 2.46. The number of benzene rings is 1. The molecule has 0 aromatic heterocycles. The molecule has 114 valence electrons.